The number of esters is 1. The smallest absolute Gasteiger partial charge is 0.310 e. The van der Waals surface area contributed by atoms with Crippen LogP contribution in [0.1, 0.15) is 61.4 Å². The van der Waals surface area contributed by atoms with Gasteiger partial charge in [-0.05, 0) is 54.2 Å². The predicted molar refractivity (Wildman–Crippen MR) is 112 cm³/mol. The summed E-state index contributed by atoms with van der Waals surface area (Å²) >= 11 is 0. The Hall–Kier alpha value is -2.37. The van der Waals surface area contributed by atoms with E-state index in [9.17, 15) is 9.90 Å². The second-order valence-corrected chi connectivity index (χ2v) is 7.01. The predicted octanol–water partition coefficient (Wildman–Crippen LogP) is 3.52. The summed E-state index contributed by atoms with van der Waals surface area (Å²) < 4.78 is 5.08. The van der Waals surface area contributed by atoms with Crippen molar-refractivity contribution in [3.63, 3.8) is 0 Å². The molecule has 2 aromatic carbocycles. The average molecular weight is 385 g/mol. The zero-order valence-corrected chi connectivity index (χ0v) is 17.1. The Labute approximate surface area is 167 Å². The number of phenolic OH excluding ortho intramolecular Hbond substituents is 1. The lowest BCUT2D eigenvalue weighted by Gasteiger charge is -2.34. The molecule has 0 fully saturated rings. The molecule has 0 aliphatic heterocycles. The van der Waals surface area contributed by atoms with Crippen LogP contribution in [0.15, 0.2) is 36.4 Å². The van der Waals surface area contributed by atoms with E-state index in [4.69, 9.17) is 16.2 Å². The maximum atomic E-state index is 11.9. The topological polar surface area (TPSA) is 98.6 Å². The van der Waals surface area contributed by atoms with Gasteiger partial charge in [0, 0.05) is 24.1 Å². The molecule has 0 bridgehead atoms. The molecule has 5 N–H and O–H groups in total. The van der Waals surface area contributed by atoms with Gasteiger partial charge in [-0.3, -0.25) is 4.79 Å². The lowest BCUT2D eigenvalue weighted by molar-refractivity contribution is -0.142. The van der Waals surface area contributed by atoms with Crippen molar-refractivity contribution in [1.29, 1.82) is 0 Å². The highest BCUT2D eigenvalue weighted by atomic mass is 16.5. The second kappa shape index (κ2) is 9.71. The second-order valence-electron chi connectivity index (χ2n) is 7.01. The summed E-state index contributed by atoms with van der Waals surface area (Å²) in [5.74, 6) is -0.0203. The number of aromatic hydroxyl groups is 1. The standard InChI is InChI=1S/C23H32N2O3/c1-4-23(5-2,20-9-10-21(26)18(12-20)15-25)19-8-7-16(17(11-19)14-24)13-22(27)28-6-3/h7-12,26H,4-6,13-15,24-25H2,1-3H3. The zero-order chi connectivity index (χ0) is 20.7. The van der Waals surface area contributed by atoms with Gasteiger partial charge in [-0.1, -0.05) is 38.1 Å². The lowest BCUT2D eigenvalue weighted by Crippen LogP contribution is -2.27. The maximum Gasteiger partial charge on any atom is 0.310 e. The summed E-state index contributed by atoms with van der Waals surface area (Å²) in [4.78, 5) is 11.9. The minimum Gasteiger partial charge on any atom is -0.508 e. The molecule has 0 heterocycles. The van der Waals surface area contributed by atoms with Gasteiger partial charge in [0.25, 0.3) is 0 Å². The van der Waals surface area contributed by atoms with E-state index < -0.39 is 0 Å². The fraction of sp³-hybridized carbons (Fsp3) is 0.435. The molecule has 2 rings (SSSR count). The number of hydrogen-bond donors (Lipinski definition) is 3. The van der Waals surface area contributed by atoms with Crippen LogP contribution in [0.3, 0.4) is 0 Å². The number of benzene rings is 2. The van der Waals surface area contributed by atoms with E-state index in [2.05, 4.69) is 26.0 Å². The average Bonchev–Trinajstić information content (AvgIpc) is 2.71. The third kappa shape index (κ3) is 4.37. The van der Waals surface area contributed by atoms with Gasteiger partial charge in [-0.15, -0.1) is 0 Å². The first-order chi connectivity index (χ1) is 13.4. The monoisotopic (exact) mass is 384 g/mol. The van der Waals surface area contributed by atoms with Gasteiger partial charge >= 0.3 is 5.97 Å². The number of hydrogen-bond acceptors (Lipinski definition) is 5. The fourth-order valence-corrected chi connectivity index (χ4v) is 3.93. The molecule has 0 aliphatic carbocycles. The molecule has 0 saturated carbocycles. The summed E-state index contributed by atoms with van der Waals surface area (Å²) in [5.41, 5.74) is 16.4. The third-order valence-electron chi connectivity index (χ3n) is 5.68. The van der Waals surface area contributed by atoms with E-state index in [1.165, 1.54) is 0 Å². The van der Waals surface area contributed by atoms with Crippen molar-refractivity contribution >= 4 is 5.97 Å². The van der Waals surface area contributed by atoms with Crippen LogP contribution in [-0.2, 0) is 34.5 Å². The zero-order valence-electron chi connectivity index (χ0n) is 17.1. The van der Waals surface area contributed by atoms with Crippen LogP contribution in [0.5, 0.6) is 5.75 Å². The summed E-state index contributed by atoms with van der Waals surface area (Å²) in [7, 11) is 0. The van der Waals surface area contributed by atoms with Crippen LogP contribution in [0.2, 0.25) is 0 Å². The van der Waals surface area contributed by atoms with Crippen LogP contribution >= 0.6 is 0 Å². The molecule has 0 saturated heterocycles. The van der Waals surface area contributed by atoms with Gasteiger partial charge in [-0.25, -0.2) is 0 Å². The molecule has 5 heteroatoms. The molecule has 0 amide bonds. The molecule has 28 heavy (non-hydrogen) atoms. The van der Waals surface area contributed by atoms with Crippen molar-refractivity contribution in [3.8, 4) is 5.75 Å². The lowest BCUT2D eigenvalue weighted by atomic mass is 9.69. The molecule has 0 aromatic heterocycles. The molecule has 0 unspecified atom stereocenters. The summed E-state index contributed by atoms with van der Waals surface area (Å²) in [6, 6.07) is 11.9. The highest BCUT2D eigenvalue weighted by molar-refractivity contribution is 5.73. The van der Waals surface area contributed by atoms with Gasteiger partial charge in [0.2, 0.25) is 0 Å². The fourth-order valence-electron chi connectivity index (χ4n) is 3.93. The van der Waals surface area contributed by atoms with Gasteiger partial charge < -0.3 is 21.3 Å². The van der Waals surface area contributed by atoms with Crippen LogP contribution in [-0.4, -0.2) is 17.7 Å². The quantitative estimate of drug-likeness (QED) is 0.575. The molecule has 0 aliphatic rings. The van der Waals surface area contributed by atoms with Gasteiger partial charge in [0.1, 0.15) is 5.75 Å². The minimum atomic E-state index is -0.242. The number of carbonyl (C=O) groups is 1. The Morgan fingerprint density at radius 1 is 0.929 bits per heavy atom. The normalized spacial score (nSPS) is 11.5. The maximum absolute atomic E-state index is 11.9. The van der Waals surface area contributed by atoms with E-state index in [-0.39, 0.29) is 30.1 Å². The van der Waals surface area contributed by atoms with Crippen molar-refractivity contribution in [2.45, 2.75) is 58.5 Å². The van der Waals surface area contributed by atoms with Gasteiger partial charge in [0.05, 0.1) is 13.0 Å². The van der Waals surface area contributed by atoms with E-state index in [0.29, 0.717) is 13.2 Å². The Morgan fingerprint density at radius 2 is 1.50 bits per heavy atom. The first-order valence-electron chi connectivity index (χ1n) is 9.96. The van der Waals surface area contributed by atoms with Gasteiger partial charge in [-0.2, -0.15) is 0 Å². The van der Waals surface area contributed by atoms with Crippen LogP contribution < -0.4 is 11.5 Å². The third-order valence-corrected chi connectivity index (χ3v) is 5.68. The van der Waals surface area contributed by atoms with E-state index in [1.54, 1.807) is 13.0 Å². The number of rotatable bonds is 9. The van der Waals surface area contributed by atoms with Crippen molar-refractivity contribution in [2.75, 3.05) is 6.61 Å². The first kappa shape index (κ1) is 21.9. The van der Waals surface area contributed by atoms with E-state index in [1.807, 2.05) is 18.2 Å². The minimum absolute atomic E-state index is 0.218. The highest BCUT2D eigenvalue weighted by Crippen LogP contribution is 2.40. The largest absolute Gasteiger partial charge is 0.508 e. The van der Waals surface area contributed by atoms with Crippen molar-refractivity contribution in [1.82, 2.24) is 0 Å². The molecule has 2 aromatic rings. The molecule has 5 nitrogen and oxygen atoms in total. The molecule has 0 atom stereocenters. The van der Waals surface area contributed by atoms with Gasteiger partial charge in [0.15, 0.2) is 0 Å². The number of ether oxygens (including phenoxy) is 1. The summed E-state index contributed by atoms with van der Waals surface area (Å²) in [6.45, 7) is 7.13. The van der Waals surface area contributed by atoms with Crippen molar-refractivity contribution in [3.05, 3.63) is 64.2 Å². The molecule has 152 valence electrons. The molecular weight excluding hydrogens is 352 g/mol. The number of carbonyl (C=O) groups excluding carboxylic acids is 1. The Bertz CT molecular complexity index is 813. The van der Waals surface area contributed by atoms with Crippen molar-refractivity contribution in [2.24, 2.45) is 11.5 Å². The Morgan fingerprint density at radius 3 is 2.04 bits per heavy atom. The summed E-state index contributed by atoms with van der Waals surface area (Å²) in [5, 5.41) is 10.0. The van der Waals surface area contributed by atoms with E-state index >= 15 is 0 Å². The number of nitrogens with two attached hydrogens (primary N) is 2. The van der Waals surface area contributed by atoms with Crippen LogP contribution in [0.4, 0.5) is 0 Å². The van der Waals surface area contributed by atoms with Crippen LogP contribution in [0.25, 0.3) is 0 Å². The van der Waals surface area contributed by atoms with Crippen LogP contribution in [0, 0.1) is 0 Å². The molecular formula is C23H32N2O3. The Kier molecular flexibility index (Phi) is 7.61. The first-order valence-corrected chi connectivity index (χ1v) is 9.96. The summed E-state index contributed by atoms with van der Waals surface area (Å²) in [6.07, 6.45) is 2.00. The Balaban J connectivity index is 2.52. The highest BCUT2D eigenvalue weighted by Gasteiger charge is 2.31. The number of phenols is 1. The van der Waals surface area contributed by atoms with E-state index in [0.717, 1.165) is 40.7 Å². The van der Waals surface area contributed by atoms with Crippen molar-refractivity contribution < 1.29 is 14.6 Å². The molecule has 0 radical (unpaired) electrons. The SMILES string of the molecule is CCOC(=O)Cc1ccc(C(CC)(CC)c2ccc(O)c(CN)c2)cc1CN. The molecule has 0 spiro atoms.